The first-order valence-electron chi connectivity index (χ1n) is 2.91. The van der Waals surface area contributed by atoms with Crippen LogP contribution in [0.5, 0.6) is 0 Å². The van der Waals surface area contributed by atoms with Crippen molar-refractivity contribution in [2.24, 2.45) is 0 Å². The summed E-state index contributed by atoms with van der Waals surface area (Å²) >= 11 is 7.18. The standard InChI is InChI=1S/C5H8N2OS3/c1-8-3-10-5-7-6-4(2-9)11-5/h9H,2-3H2,1H3. The Hall–Kier alpha value is 0.220. The topological polar surface area (TPSA) is 35.0 Å². The first-order valence-corrected chi connectivity index (χ1v) is 5.35. The summed E-state index contributed by atoms with van der Waals surface area (Å²) < 4.78 is 5.81. The highest BCUT2D eigenvalue weighted by Crippen LogP contribution is 2.22. The van der Waals surface area contributed by atoms with Gasteiger partial charge in [-0.25, -0.2) is 0 Å². The van der Waals surface area contributed by atoms with Crippen LogP contribution in [-0.4, -0.2) is 23.2 Å². The molecule has 0 fully saturated rings. The molecule has 0 unspecified atom stereocenters. The second kappa shape index (κ2) is 4.97. The summed E-state index contributed by atoms with van der Waals surface area (Å²) in [6.45, 7) is 0. The number of ether oxygens (including phenoxy) is 1. The average Bonchev–Trinajstić information content (AvgIpc) is 2.48. The van der Waals surface area contributed by atoms with Crippen molar-refractivity contribution in [1.29, 1.82) is 0 Å². The van der Waals surface area contributed by atoms with Gasteiger partial charge in [-0.2, -0.15) is 12.6 Å². The summed E-state index contributed by atoms with van der Waals surface area (Å²) in [6, 6.07) is 0. The van der Waals surface area contributed by atoms with E-state index in [1.165, 1.54) is 0 Å². The first kappa shape index (κ1) is 9.31. The van der Waals surface area contributed by atoms with Crippen LogP contribution in [0.2, 0.25) is 0 Å². The molecule has 6 heteroatoms. The molecule has 1 aromatic heterocycles. The van der Waals surface area contributed by atoms with Gasteiger partial charge in [0.2, 0.25) is 0 Å². The van der Waals surface area contributed by atoms with E-state index in [9.17, 15) is 0 Å². The normalized spacial score (nSPS) is 10.4. The third-order valence-electron chi connectivity index (χ3n) is 0.884. The molecule has 0 bridgehead atoms. The van der Waals surface area contributed by atoms with Gasteiger partial charge in [0.1, 0.15) is 5.01 Å². The number of methoxy groups -OCH3 is 1. The third kappa shape index (κ3) is 2.98. The largest absolute Gasteiger partial charge is 0.374 e. The molecule has 0 amide bonds. The van der Waals surface area contributed by atoms with E-state index in [-0.39, 0.29) is 0 Å². The Morgan fingerprint density at radius 1 is 1.64 bits per heavy atom. The zero-order valence-electron chi connectivity index (χ0n) is 5.98. The number of aromatic nitrogens is 2. The number of thiol groups is 1. The zero-order chi connectivity index (χ0) is 8.10. The molecule has 0 spiro atoms. The smallest absolute Gasteiger partial charge is 0.176 e. The van der Waals surface area contributed by atoms with Crippen LogP contribution in [-0.2, 0) is 10.5 Å². The molecule has 1 heterocycles. The van der Waals surface area contributed by atoms with E-state index in [1.54, 1.807) is 30.2 Å². The van der Waals surface area contributed by atoms with E-state index in [2.05, 4.69) is 22.8 Å². The molecule has 11 heavy (non-hydrogen) atoms. The molecule has 0 N–H and O–H groups in total. The summed E-state index contributed by atoms with van der Waals surface area (Å²) in [5, 5.41) is 8.78. The Labute approximate surface area is 79.0 Å². The number of thioether (sulfide) groups is 1. The van der Waals surface area contributed by atoms with Crippen LogP contribution in [0.15, 0.2) is 4.34 Å². The van der Waals surface area contributed by atoms with E-state index in [4.69, 9.17) is 4.74 Å². The minimum absolute atomic E-state index is 0.626. The molecule has 3 nitrogen and oxygen atoms in total. The molecule has 0 radical (unpaired) electrons. The van der Waals surface area contributed by atoms with E-state index in [1.807, 2.05) is 0 Å². The fourth-order valence-electron chi connectivity index (χ4n) is 0.470. The molecule has 62 valence electrons. The number of hydrogen-bond donors (Lipinski definition) is 1. The van der Waals surface area contributed by atoms with Gasteiger partial charge in [0.15, 0.2) is 4.34 Å². The molecule has 0 saturated carbocycles. The van der Waals surface area contributed by atoms with E-state index in [0.29, 0.717) is 11.7 Å². The Kier molecular flexibility index (Phi) is 4.21. The molecular formula is C5H8N2OS3. The summed E-state index contributed by atoms with van der Waals surface area (Å²) in [7, 11) is 1.66. The quantitative estimate of drug-likeness (QED) is 0.464. The molecule has 0 aliphatic rings. The maximum Gasteiger partial charge on any atom is 0.176 e. The Bertz CT molecular complexity index is 215. The second-order valence-electron chi connectivity index (χ2n) is 1.67. The van der Waals surface area contributed by atoms with Crippen LogP contribution in [0, 0.1) is 0 Å². The highest BCUT2D eigenvalue weighted by molar-refractivity contribution is 8.00. The lowest BCUT2D eigenvalue weighted by molar-refractivity contribution is 0.259. The Morgan fingerprint density at radius 3 is 3.00 bits per heavy atom. The molecule has 0 saturated heterocycles. The van der Waals surface area contributed by atoms with Crippen LogP contribution < -0.4 is 0 Å². The van der Waals surface area contributed by atoms with Crippen molar-refractivity contribution in [2.75, 3.05) is 13.0 Å². The third-order valence-corrected chi connectivity index (χ3v) is 3.40. The van der Waals surface area contributed by atoms with Gasteiger partial charge >= 0.3 is 0 Å². The highest BCUT2D eigenvalue weighted by atomic mass is 32.2. The van der Waals surface area contributed by atoms with Crippen LogP contribution in [0.25, 0.3) is 0 Å². The summed E-state index contributed by atoms with van der Waals surface area (Å²) in [4.78, 5) is 0. The van der Waals surface area contributed by atoms with Crippen molar-refractivity contribution in [3.63, 3.8) is 0 Å². The molecular weight excluding hydrogens is 200 g/mol. The summed E-state index contributed by atoms with van der Waals surface area (Å²) in [6.07, 6.45) is 0. The first-order chi connectivity index (χ1) is 5.36. The van der Waals surface area contributed by atoms with Crippen LogP contribution in [0.3, 0.4) is 0 Å². The van der Waals surface area contributed by atoms with Gasteiger partial charge < -0.3 is 4.74 Å². The number of nitrogens with zero attached hydrogens (tertiary/aromatic N) is 2. The monoisotopic (exact) mass is 208 g/mol. The van der Waals surface area contributed by atoms with E-state index < -0.39 is 0 Å². The lowest BCUT2D eigenvalue weighted by Crippen LogP contribution is -1.79. The van der Waals surface area contributed by atoms with Crippen molar-refractivity contribution in [3.8, 4) is 0 Å². The lowest BCUT2D eigenvalue weighted by Gasteiger charge is -1.90. The molecule has 0 aromatic carbocycles. The summed E-state index contributed by atoms with van der Waals surface area (Å²) in [5.74, 6) is 1.28. The molecule has 0 aliphatic heterocycles. The van der Waals surface area contributed by atoms with Crippen molar-refractivity contribution in [1.82, 2.24) is 10.2 Å². The average molecular weight is 208 g/mol. The minimum Gasteiger partial charge on any atom is -0.374 e. The summed E-state index contributed by atoms with van der Waals surface area (Å²) in [5.41, 5.74) is 0. The lowest BCUT2D eigenvalue weighted by atomic mass is 10.9. The van der Waals surface area contributed by atoms with Crippen molar-refractivity contribution >= 4 is 35.7 Å². The van der Waals surface area contributed by atoms with Crippen LogP contribution >= 0.6 is 35.7 Å². The number of hydrogen-bond acceptors (Lipinski definition) is 6. The highest BCUT2D eigenvalue weighted by Gasteiger charge is 2.01. The van der Waals surface area contributed by atoms with Gasteiger partial charge in [-0.15, -0.1) is 10.2 Å². The maximum atomic E-state index is 4.87. The van der Waals surface area contributed by atoms with Crippen molar-refractivity contribution < 1.29 is 4.74 Å². The van der Waals surface area contributed by atoms with Gasteiger partial charge in [0.25, 0.3) is 0 Å². The van der Waals surface area contributed by atoms with E-state index >= 15 is 0 Å². The number of rotatable bonds is 4. The molecule has 1 aromatic rings. The van der Waals surface area contributed by atoms with E-state index in [0.717, 1.165) is 9.35 Å². The van der Waals surface area contributed by atoms with Gasteiger partial charge in [-0.05, 0) is 0 Å². The minimum atomic E-state index is 0.626. The van der Waals surface area contributed by atoms with Crippen molar-refractivity contribution in [3.05, 3.63) is 5.01 Å². The van der Waals surface area contributed by atoms with Gasteiger partial charge in [0.05, 0.1) is 5.94 Å². The predicted molar refractivity (Wildman–Crippen MR) is 50.3 cm³/mol. The predicted octanol–water partition coefficient (Wildman–Crippen LogP) is 1.66. The molecule has 1 rings (SSSR count). The van der Waals surface area contributed by atoms with Crippen molar-refractivity contribution in [2.45, 2.75) is 10.1 Å². The SMILES string of the molecule is COCSc1nnc(CS)s1. The molecule has 0 atom stereocenters. The van der Waals surface area contributed by atoms with Crippen LogP contribution in [0.4, 0.5) is 0 Å². The zero-order valence-corrected chi connectivity index (χ0v) is 8.51. The second-order valence-corrected chi connectivity index (χ2v) is 4.22. The fraction of sp³-hybridized carbons (Fsp3) is 0.600. The van der Waals surface area contributed by atoms with Crippen LogP contribution in [0.1, 0.15) is 5.01 Å². The van der Waals surface area contributed by atoms with Gasteiger partial charge in [-0.1, -0.05) is 23.1 Å². The Morgan fingerprint density at radius 2 is 2.45 bits per heavy atom. The maximum absolute atomic E-state index is 4.87. The molecule has 0 aliphatic carbocycles. The fourth-order valence-corrected chi connectivity index (χ4v) is 2.14. The Balaban J connectivity index is 2.44. The van der Waals surface area contributed by atoms with Gasteiger partial charge in [-0.3, -0.25) is 0 Å². The van der Waals surface area contributed by atoms with Gasteiger partial charge in [0, 0.05) is 12.9 Å².